The number of carbonyl (C=O) groups excluding carboxylic acids is 2. The third-order valence-corrected chi connectivity index (χ3v) is 6.81. The first-order valence-electron chi connectivity index (χ1n) is 9.56. The molecule has 0 unspecified atom stereocenters. The number of hydrogen-bond donors (Lipinski definition) is 2. The zero-order valence-corrected chi connectivity index (χ0v) is 18.0. The van der Waals surface area contributed by atoms with Crippen molar-refractivity contribution in [3.63, 3.8) is 0 Å². The van der Waals surface area contributed by atoms with E-state index < -0.39 is 15.9 Å². The summed E-state index contributed by atoms with van der Waals surface area (Å²) >= 11 is 0. The van der Waals surface area contributed by atoms with E-state index >= 15 is 0 Å². The predicted octanol–water partition coefficient (Wildman–Crippen LogP) is 2.54. The summed E-state index contributed by atoms with van der Waals surface area (Å²) in [6.07, 6.45) is 0. The van der Waals surface area contributed by atoms with Crippen molar-refractivity contribution in [2.75, 3.05) is 36.9 Å². The summed E-state index contributed by atoms with van der Waals surface area (Å²) in [6, 6.07) is 9.85. The number of benzene rings is 2. The fraction of sp³-hybridized carbons (Fsp3) is 0.333. The van der Waals surface area contributed by atoms with Gasteiger partial charge in [-0.25, -0.2) is 8.42 Å². The van der Waals surface area contributed by atoms with Gasteiger partial charge in [-0.2, -0.15) is 4.31 Å². The second-order valence-corrected chi connectivity index (χ2v) is 9.09. The summed E-state index contributed by atoms with van der Waals surface area (Å²) in [4.78, 5) is 24.4. The van der Waals surface area contributed by atoms with Crippen LogP contribution in [0.5, 0.6) is 0 Å². The van der Waals surface area contributed by atoms with Crippen LogP contribution in [-0.4, -0.2) is 50.8 Å². The largest absolute Gasteiger partial charge is 0.379 e. The number of sulfonamides is 1. The number of amides is 2. The van der Waals surface area contributed by atoms with Gasteiger partial charge in [0.15, 0.2) is 0 Å². The Kier molecular flexibility index (Phi) is 6.55. The minimum atomic E-state index is -3.74. The van der Waals surface area contributed by atoms with Crippen LogP contribution in [0.4, 0.5) is 11.4 Å². The highest BCUT2D eigenvalue weighted by Crippen LogP contribution is 2.26. The minimum Gasteiger partial charge on any atom is -0.379 e. The second kappa shape index (κ2) is 8.95. The van der Waals surface area contributed by atoms with Crippen LogP contribution in [-0.2, 0) is 19.6 Å². The number of carbonyl (C=O) groups is 2. The molecule has 8 nitrogen and oxygen atoms in total. The Hall–Kier alpha value is -2.75. The lowest BCUT2D eigenvalue weighted by Crippen LogP contribution is -2.40. The van der Waals surface area contributed by atoms with Crippen molar-refractivity contribution in [2.24, 2.45) is 0 Å². The van der Waals surface area contributed by atoms with Crippen LogP contribution in [0.25, 0.3) is 0 Å². The fourth-order valence-corrected chi connectivity index (χ4v) is 4.86. The average Bonchev–Trinajstić information content (AvgIpc) is 2.70. The summed E-state index contributed by atoms with van der Waals surface area (Å²) < 4.78 is 32.7. The van der Waals surface area contributed by atoms with Crippen LogP contribution >= 0.6 is 0 Å². The standard InChI is InChI=1S/C21H25N3O5S/c1-14-4-7-18(22-16(3)25)19(12-14)23-21(26)17-6-5-15(2)20(13-17)30(27,28)24-8-10-29-11-9-24/h4-7,12-13H,8-11H2,1-3H3,(H,22,25)(H,23,26). The lowest BCUT2D eigenvalue weighted by atomic mass is 10.1. The van der Waals surface area contributed by atoms with Crippen molar-refractivity contribution in [3.8, 4) is 0 Å². The van der Waals surface area contributed by atoms with E-state index in [4.69, 9.17) is 4.74 Å². The van der Waals surface area contributed by atoms with Crippen molar-refractivity contribution in [1.82, 2.24) is 4.31 Å². The molecule has 3 rings (SSSR count). The Morgan fingerprint density at radius 3 is 2.33 bits per heavy atom. The van der Waals surface area contributed by atoms with Crippen molar-refractivity contribution in [1.29, 1.82) is 0 Å². The Morgan fingerprint density at radius 2 is 1.67 bits per heavy atom. The van der Waals surface area contributed by atoms with Crippen molar-refractivity contribution in [2.45, 2.75) is 25.7 Å². The van der Waals surface area contributed by atoms with Crippen molar-refractivity contribution in [3.05, 3.63) is 53.1 Å². The molecular weight excluding hydrogens is 406 g/mol. The van der Waals surface area contributed by atoms with Gasteiger partial charge >= 0.3 is 0 Å². The van der Waals surface area contributed by atoms with Crippen LogP contribution < -0.4 is 10.6 Å². The third kappa shape index (κ3) is 4.86. The van der Waals surface area contributed by atoms with Gasteiger partial charge in [0.2, 0.25) is 15.9 Å². The lowest BCUT2D eigenvalue weighted by Gasteiger charge is -2.26. The molecule has 0 atom stereocenters. The molecule has 2 N–H and O–H groups in total. The molecule has 0 bridgehead atoms. The summed E-state index contributed by atoms with van der Waals surface area (Å²) in [5, 5.41) is 5.45. The Balaban J connectivity index is 1.90. The predicted molar refractivity (Wildman–Crippen MR) is 114 cm³/mol. The van der Waals surface area contributed by atoms with Gasteiger partial charge in [-0.1, -0.05) is 12.1 Å². The number of nitrogens with one attached hydrogen (secondary N) is 2. The molecule has 160 valence electrons. The average molecular weight is 432 g/mol. The second-order valence-electron chi connectivity index (χ2n) is 7.18. The molecule has 1 aliphatic rings. The third-order valence-electron chi connectivity index (χ3n) is 4.77. The maximum atomic E-state index is 13.1. The molecule has 1 aliphatic heterocycles. The maximum Gasteiger partial charge on any atom is 0.255 e. The van der Waals surface area contributed by atoms with Gasteiger partial charge in [0, 0.05) is 25.6 Å². The van der Waals surface area contributed by atoms with E-state index in [0.717, 1.165) is 5.56 Å². The molecule has 0 aromatic heterocycles. The summed E-state index contributed by atoms with van der Waals surface area (Å²) in [6.45, 7) is 6.20. The smallest absolute Gasteiger partial charge is 0.255 e. The van der Waals surface area contributed by atoms with Gasteiger partial charge in [-0.05, 0) is 49.2 Å². The fourth-order valence-electron chi connectivity index (χ4n) is 3.20. The minimum absolute atomic E-state index is 0.100. The van der Waals surface area contributed by atoms with Gasteiger partial charge < -0.3 is 15.4 Å². The van der Waals surface area contributed by atoms with Crippen LogP contribution in [0.15, 0.2) is 41.3 Å². The first kappa shape index (κ1) is 21.9. The number of anilines is 2. The van der Waals surface area contributed by atoms with E-state index in [1.807, 2.05) is 13.0 Å². The van der Waals surface area contributed by atoms with E-state index in [-0.39, 0.29) is 29.5 Å². The maximum absolute atomic E-state index is 13.1. The van der Waals surface area contributed by atoms with Gasteiger partial charge in [-0.3, -0.25) is 9.59 Å². The number of morpholine rings is 1. The van der Waals surface area contributed by atoms with Crippen molar-refractivity contribution >= 4 is 33.2 Å². The molecule has 9 heteroatoms. The summed E-state index contributed by atoms with van der Waals surface area (Å²) in [5.74, 6) is -0.728. The normalized spacial score (nSPS) is 14.9. The highest BCUT2D eigenvalue weighted by Gasteiger charge is 2.28. The van der Waals surface area contributed by atoms with Crippen LogP contribution in [0, 0.1) is 13.8 Å². The van der Waals surface area contributed by atoms with Crippen molar-refractivity contribution < 1.29 is 22.7 Å². The Labute approximate surface area is 176 Å². The van der Waals surface area contributed by atoms with E-state index in [9.17, 15) is 18.0 Å². The molecule has 2 amide bonds. The number of hydrogen-bond acceptors (Lipinski definition) is 5. The van der Waals surface area contributed by atoms with Gasteiger partial charge in [0.1, 0.15) is 0 Å². The molecule has 2 aromatic rings. The monoisotopic (exact) mass is 431 g/mol. The zero-order chi connectivity index (χ0) is 21.9. The van der Waals surface area contributed by atoms with Crippen LogP contribution in [0.2, 0.25) is 0 Å². The van der Waals surface area contributed by atoms with Crippen LogP contribution in [0.3, 0.4) is 0 Å². The number of nitrogens with zero attached hydrogens (tertiary/aromatic N) is 1. The first-order valence-corrected chi connectivity index (χ1v) is 11.0. The van der Waals surface area contributed by atoms with E-state index in [0.29, 0.717) is 30.2 Å². The molecule has 0 spiro atoms. The summed E-state index contributed by atoms with van der Waals surface area (Å²) in [7, 11) is -3.74. The summed E-state index contributed by atoms with van der Waals surface area (Å²) in [5.41, 5.74) is 2.58. The zero-order valence-electron chi connectivity index (χ0n) is 17.2. The van der Waals surface area contributed by atoms with Gasteiger partial charge in [-0.15, -0.1) is 0 Å². The SMILES string of the molecule is CC(=O)Nc1ccc(C)cc1NC(=O)c1ccc(C)c(S(=O)(=O)N2CCOCC2)c1. The molecule has 0 saturated carbocycles. The van der Waals surface area contributed by atoms with E-state index in [2.05, 4.69) is 10.6 Å². The number of rotatable bonds is 5. The van der Waals surface area contributed by atoms with Crippen LogP contribution in [0.1, 0.15) is 28.4 Å². The number of aryl methyl sites for hydroxylation is 2. The Morgan fingerprint density at radius 1 is 0.967 bits per heavy atom. The number of ether oxygens (including phenoxy) is 1. The lowest BCUT2D eigenvalue weighted by molar-refractivity contribution is -0.114. The molecule has 1 saturated heterocycles. The quantitative estimate of drug-likeness (QED) is 0.757. The highest BCUT2D eigenvalue weighted by atomic mass is 32.2. The molecule has 30 heavy (non-hydrogen) atoms. The molecule has 1 heterocycles. The molecule has 0 aliphatic carbocycles. The molecular formula is C21H25N3O5S. The molecule has 2 aromatic carbocycles. The van der Waals surface area contributed by atoms with Gasteiger partial charge in [0.25, 0.3) is 5.91 Å². The topological polar surface area (TPSA) is 105 Å². The van der Waals surface area contributed by atoms with E-state index in [1.54, 1.807) is 31.2 Å². The first-order chi connectivity index (χ1) is 14.2. The molecule has 1 fully saturated rings. The van der Waals surface area contributed by atoms with Gasteiger partial charge in [0.05, 0.1) is 29.5 Å². The molecule has 0 radical (unpaired) electrons. The van der Waals surface area contributed by atoms with E-state index in [1.165, 1.54) is 17.3 Å². The highest BCUT2D eigenvalue weighted by molar-refractivity contribution is 7.89. The Bertz CT molecular complexity index is 1080.